The summed E-state index contributed by atoms with van der Waals surface area (Å²) in [6.07, 6.45) is 0.647. The van der Waals surface area contributed by atoms with Crippen molar-refractivity contribution in [2.75, 3.05) is 31.1 Å². The monoisotopic (exact) mass is 358 g/mol. The van der Waals surface area contributed by atoms with Crippen molar-refractivity contribution in [1.82, 2.24) is 9.88 Å². The van der Waals surface area contributed by atoms with Gasteiger partial charge in [0.05, 0.1) is 12.1 Å². The Balaban J connectivity index is 1.79. The number of furan rings is 1. The highest BCUT2D eigenvalue weighted by Gasteiger charge is 2.29. The molecule has 3 heterocycles. The molecule has 26 heavy (non-hydrogen) atoms. The van der Waals surface area contributed by atoms with Gasteiger partial charge in [-0.1, -0.05) is 0 Å². The molecule has 1 amide bonds. The summed E-state index contributed by atoms with van der Waals surface area (Å²) in [6.45, 7) is 6.84. The molecule has 0 radical (unpaired) electrons. The Kier molecular flexibility index (Phi) is 5.58. The third-order valence-corrected chi connectivity index (χ3v) is 4.80. The van der Waals surface area contributed by atoms with E-state index in [2.05, 4.69) is 14.8 Å². The van der Waals surface area contributed by atoms with E-state index in [0.29, 0.717) is 30.9 Å². The summed E-state index contributed by atoms with van der Waals surface area (Å²) in [5.41, 5.74) is 6.81. The predicted molar refractivity (Wildman–Crippen MR) is 99.1 cm³/mol. The first kappa shape index (κ1) is 18.4. The van der Waals surface area contributed by atoms with Crippen LogP contribution >= 0.6 is 0 Å². The number of nitrogens with two attached hydrogens (primary N) is 1. The van der Waals surface area contributed by atoms with Gasteiger partial charge < -0.3 is 20.2 Å². The number of amides is 1. The fourth-order valence-electron chi connectivity index (χ4n) is 3.46. The highest BCUT2D eigenvalue weighted by molar-refractivity contribution is 5.97. The lowest BCUT2D eigenvalue weighted by atomic mass is 10.1. The van der Waals surface area contributed by atoms with E-state index < -0.39 is 5.91 Å². The second-order valence-electron chi connectivity index (χ2n) is 6.78. The smallest absolute Gasteiger partial charge is 0.252 e. The SMILES string of the molecule is Cc1ccc(C(N)=O)c(N2CCN(Cc3ccc(C)o3)[C@@H](CCO)C2)n1. The van der Waals surface area contributed by atoms with E-state index in [1.807, 2.05) is 26.0 Å². The van der Waals surface area contributed by atoms with E-state index in [1.54, 1.807) is 12.1 Å². The topological polar surface area (TPSA) is 95.8 Å². The molecule has 3 rings (SSSR count). The number of hydrogen-bond donors (Lipinski definition) is 2. The van der Waals surface area contributed by atoms with Crippen molar-refractivity contribution in [3.63, 3.8) is 0 Å². The van der Waals surface area contributed by atoms with Gasteiger partial charge in [0.1, 0.15) is 17.3 Å². The van der Waals surface area contributed by atoms with Crippen LogP contribution in [0.2, 0.25) is 0 Å². The molecule has 140 valence electrons. The molecular weight excluding hydrogens is 332 g/mol. The molecule has 7 nitrogen and oxygen atoms in total. The third-order valence-electron chi connectivity index (χ3n) is 4.80. The molecule has 2 aromatic heterocycles. The normalized spacial score (nSPS) is 18.3. The number of carbonyl (C=O) groups is 1. The molecule has 1 aliphatic heterocycles. The van der Waals surface area contributed by atoms with Gasteiger partial charge in [-0.2, -0.15) is 0 Å². The highest BCUT2D eigenvalue weighted by Crippen LogP contribution is 2.24. The van der Waals surface area contributed by atoms with Crippen LogP contribution in [0.4, 0.5) is 5.82 Å². The Morgan fingerprint density at radius 3 is 2.77 bits per heavy atom. The molecule has 0 saturated carbocycles. The molecule has 3 N–H and O–H groups in total. The number of hydrogen-bond acceptors (Lipinski definition) is 6. The first-order chi connectivity index (χ1) is 12.5. The van der Waals surface area contributed by atoms with Crippen molar-refractivity contribution in [2.45, 2.75) is 32.9 Å². The average molecular weight is 358 g/mol. The molecule has 1 atom stereocenters. The molecule has 1 aliphatic rings. The molecule has 0 aromatic carbocycles. The number of anilines is 1. The lowest BCUT2D eigenvalue weighted by Gasteiger charge is -2.42. The van der Waals surface area contributed by atoms with Gasteiger partial charge in [0.15, 0.2) is 0 Å². The van der Waals surface area contributed by atoms with Crippen LogP contribution in [0.25, 0.3) is 0 Å². The van der Waals surface area contributed by atoms with Crippen molar-refractivity contribution >= 4 is 11.7 Å². The maximum absolute atomic E-state index is 11.8. The van der Waals surface area contributed by atoms with E-state index in [0.717, 1.165) is 30.3 Å². The van der Waals surface area contributed by atoms with Crippen LogP contribution in [0.3, 0.4) is 0 Å². The summed E-state index contributed by atoms with van der Waals surface area (Å²) >= 11 is 0. The van der Waals surface area contributed by atoms with Gasteiger partial charge >= 0.3 is 0 Å². The van der Waals surface area contributed by atoms with Crippen LogP contribution in [0, 0.1) is 13.8 Å². The van der Waals surface area contributed by atoms with Gasteiger partial charge in [-0.15, -0.1) is 0 Å². The lowest BCUT2D eigenvalue weighted by Crippen LogP contribution is -2.53. The number of piperazine rings is 1. The van der Waals surface area contributed by atoms with Gasteiger partial charge in [0.25, 0.3) is 5.91 Å². The Morgan fingerprint density at radius 2 is 2.12 bits per heavy atom. The maximum atomic E-state index is 11.8. The van der Waals surface area contributed by atoms with Crippen LogP contribution in [0.1, 0.15) is 34.0 Å². The van der Waals surface area contributed by atoms with E-state index in [4.69, 9.17) is 10.2 Å². The van der Waals surface area contributed by atoms with Crippen molar-refractivity contribution in [3.8, 4) is 0 Å². The summed E-state index contributed by atoms with van der Waals surface area (Å²) in [6, 6.07) is 7.62. The van der Waals surface area contributed by atoms with Crippen molar-refractivity contribution in [3.05, 3.63) is 47.0 Å². The van der Waals surface area contributed by atoms with E-state index in [1.165, 1.54) is 0 Å². The Bertz CT molecular complexity index is 774. The number of aryl methyl sites for hydroxylation is 2. The minimum atomic E-state index is -0.473. The number of aromatic nitrogens is 1. The molecule has 7 heteroatoms. The zero-order valence-electron chi connectivity index (χ0n) is 15.3. The van der Waals surface area contributed by atoms with Crippen LogP contribution in [0.5, 0.6) is 0 Å². The third kappa shape index (κ3) is 4.05. The second kappa shape index (κ2) is 7.88. The molecular formula is C19H26N4O3. The Hall–Kier alpha value is -2.38. The summed E-state index contributed by atoms with van der Waals surface area (Å²) in [7, 11) is 0. The van der Waals surface area contributed by atoms with Gasteiger partial charge in [-0.05, 0) is 44.5 Å². The van der Waals surface area contributed by atoms with Crippen LogP contribution in [0.15, 0.2) is 28.7 Å². The minimum Gasteiger partial charge on any atom is -0.465 e. The number of nitrogens with zero attached hydrogens (tertiary/aromatic N) is 3. The largest absolute Gasteiger partial charge is 0.465 e. The number of rotatable bonds is 6. The zero-order chi connectivity index (χ0) is 18.7. The summed E-state index contributed by atoms with van der Waals surface area (Å²) < 4.78 is 5.70. The Morgan fingerprint density at radius 1 is 1.31 bits per heavy atom. The van der Waals surface area contributed by atoms with Crippen LogP contribution < -0.4 is 10.6 Å². The first-order valence-electron chi connectivity index (χ1n) is 8.90. The number of primary amides is 1. The molecule has 0 aliphatic carbocycles. The minimum absolute atomic E-state index is 0.107. The summed E-state index contributed by atoms with van der Waals surface area (Å²) in [4.78, 5) is 20.7. The van der Waals surface area contributed by atoms with Gasteiger partial charge in [0, 0.05) is 38.0 Å². The standard InChI is InChI=1S/C19H26N4O3/c1-13-3-6-17(18(20)25)19(21-13)23-9-8-22(15(11-23)7-10-24)12-16-5-4-14(2)26-16/h3-6,15,24H,7-12H2,1-2H3,(H2,20,25)/t15-/m0/s1. The van der Waals surface area contributed by atoms with Gasteiger partial charge in [-0.25, -0.2) is 4.98 Å². The predicted octanol–water partition coefficient (Wildman–Crippen LogP) is 1.46. The molecule has 0 spiro atoms. The average Bonchev–Trinajstić information content (AvgIpc) is 3.01. The first-order valence-corrected chi connectivity index (χ1v) is 8.90. The van der Waals surface area contributed by atoms with Crippen molar-refractivity contribution in [2.24, 2.45) is 5.73 Å². The second-order valence-corrected chi connectivity index (χ2v) is 6.78. The zero-order valence-corrected chi connectivity index (χ0v) is 15.3. The molecule has 1 saturated heterocycles. The number of aliphatic hydroxyl groups excluding tert-OH is 1. The fourth-order valence-corrected chi connectivity index (χ4v) is 3.46. The quantitative estimate of drug-likeness (QED) is 0.812. The number of pyridine rings is 1. The molecule has 1 fully saturated rings. The number of carbonyl (C=O) groups excluding carboxylic acids is 1. The lowest BCUT2D eigenvalue weighted by molar-refractivity contribution is 0.0999. The molecule has 2 aromatic rings. The van der Waals surface area contributed by atoms with E-state index in [-0.39, 0.29) is 12.6 Å². The number of aliphatic hydroxyl groups is 1. The Labute approximate surface area is 153 Å². The highest BCUT2D eigenvalue weighted by atomic mass is 16.3. The molecule has 0 bridgehead atoms. The van der Waals surface area contributed by atoms with Crippen molar-refractivity contribution in [1.29, 1.82) is 0 Å². The van der Waals surface area contributed by atoms with E-state index >= 15 is 0 Å². The fraction of sp³-hybridized carbons (Fsp3) is 0.474. The maximum Gasteiger partial charge on any atom is 0.252 e. The van der Waals surface area contributed by atoms with Crippen molar-refractivity contribution < 1.29 is 14.3 Å². The van der Waals surface area contributed by atoms with Gasteiger partial charge in [0.2, 0.25) is 0 Å². The summed E-state index contributed by atoms with van der Waals surface area (Å²) in [5.74, 6) is 1.98. The van der Waals surface area contributed by atoms with Gasteiger partial charge in [-0.3, -0.25) is 9.69 Å². The van der Waals surface area contributed by atoms with Crippen LogP contribution in [-0.2, 0) is 6.54 Å². The van der Waals surface area contributed by atoms with Crippen LogP contribution in [-0.4, -0.2) is 53.2 Å². The van der Waals surface area contributed by atoms with E-state index in [9.17, 15) is 9.90 Å². The molecule has 0 unspecified atom stereocenters. The summed E-state index contributed by atoms with van der Waals surface area (Å²) in [5, 5.41) is 9.49.